The highest BCUT2D eigenvalue weighted by Crippen LogP contribution is 2.47. The van der Waals surface area contributed by atoms with Crippen molar-refractivity contribution in [2.45, 2.75) is 70.6 Å². The van der Waals surface area contributed by atoms with Crippen LogP contribution in [-0.2, 0) is 19.6 Å². The van der Waals surface area contributed by atoms with Gasteiger partial charge < -0.3 is 24.1 Å². The maximum absolute atomic E-state index is 14.1. The van der Waals surface area contributed by atoms with Gasteiger partial charge in [0.15, 0.2) is 5.82 Å². The van der Waals surface area contributed by atoms with Crippen LogP contribution in [0, 0.1) is 6.92 Å². The fraction of sp³-hybridized carbons (Fsp3) is 0.310. The van der Waals surface area contributed by atoms with Gasteiger partial charge in [-0.1, -0.05) is 67.8 Å². The summed E-state index contributed by atoms with van der Waals surface area (Å²) in [6.45, 7) is 3.58. The van der Waals surface area contributed by atoms with Gasteiger partial charge in [-0.2, -0.15) is 5.10 Å². The van der Waals surface area contributed by atoms with Gasteiger partial charge in [-0.05, 0) is 78.8 Å². The first kappa shape index (κ1) is 32.6. The number of hydrogen-bond donors (Lipinski definition) is 2. The van der Waals surface area contributed by atoms with Gasteiger partial charge in [0, 0.05) is 34.5 Å². The molecule has 51 heavy (non-hydrogen) atoms. The second-order valence-corrected chi connectivity index (χ2v) is 13.6. The molecular formula is C42H43N5O4. The molecule has 8 rings (SSSR count). The molecule has 2 aliphatic rings. The van der Waals surface area contributed by atoms with Gasteiger partial charge in [-0.3, -0.25) is 9.89 Å². The van der Waals surface area contributed by atoms with E-state index in [1.54, 1.807) is 7.11 Å². The number of nitrogens with one attached hydrogen (secondary N) is 2. The van der Waals surface area contributed by atoms with Crippen molar-refractivity contribution in [3.63, 3.8) is 0 Å². The fourth-order valence-electron chi connectivity index (χ4n) is 7.70. The highest BCUT2D eigenvalue weighted by molar-refractivity contribution is 6.01. The van der Waals surface area contributed by atoms with Gasteiger partial charge in [0.2, 0.25) is 0 Å². The Bertz CT molecular complexity index is 2150. The van der Waals surface area contributed by atoms with Crippen LogP contribution in [0.4, 0.5) is 0 Å². The lowest BCUT2D eigenvalue weighted by molar-refractivity contribution is 0.0935. The van der Waals surface area contributed by atoms with Crippen molar-refractivity contribution in [2.75, 3.05) is 13.7 Å². The first-order valence-electron chi connectivity index (χ1n) is 18.0. The first-order chi connectivity index (χ1) is 25.0. The van der Waals surface area contributed by atoms with Crippen LogP contribution in [0.25, 0.3) is 22.2 Å². The molecule has 1 aliphatic carbocycles. The number of fused-ring (bicyclic) bond motifs is 5. The average Bonchev–Trinajstić information content (AvgIpc) is 3.69. The Hall–Kier alpha value is -5.57. The average molecular weight is 682 g/mol. The number of aromatic amines is 1. The molecule has 0 unspecified atom stereocenters. The number of aromatic nitrogens is 4. The van der Waals surface area contributed by atoms with Crippen molar-refractivity contribution in [3.8, 4) is 28.5 Å². The number of hydrogen-bond acceptors (Lipinski definition) is 6. The highest BCUT2D eigenvalue weighted by atomic mass is 16.5. The van der Waals surface area contributed by atoms with E-state index in [9.17, 15) is 4.79 Å². The zero-order valence-corrected chi connectivity index (χ0v) is 29.2. The summed E-state index contributed by atoms with van der Waals surface area (Å²) >= 11 is 0. The van der Waals surface area contributed by atoms with Crippen molar-refractivity contribution in [3.05, 3.63) is 125 Å². The number of carbonyl (C=O) groups excluding carboxylic acids is 1. The summed E-state index contributed by atoms with van der Waals surface area (Å²) in [7, 11) is 1.68. The minimum atomic E-state index is -0.438. The number of H-pyrrole nitrogens is 1. The van der Waals surface area contributed by atoms with Crippen molar-refractivity contribution in [2.24, 2.45) is 0 Å². The van der Waals surface area contributed by atoms with E-state index < -0.39 is 6.04 Å². The van der Waals surface area contributed by atoms with Gasteiger partial charge in [-0.25, -0.2) is 4.98 Å². The Labute approximate surface area is 298 Å². The topological polar surface area (TPSA) is 103 Å². The molecule has 0 saturated heterocycles. The van der Waals surface area contributed by atoms with E-state index in [0.29, 0.717) is 49.3 Å². The summed E-state index contributed by atoms with van der Waals surface area (Å²) in [4.78, 5) is 18.7. The first-order valence-corrected chi connectivity index (χ1v) is 18.0. The summed E-state index contributed by atoms with van der Waals surface area (Å²) in [6, 6.07) is 30.0. The Morgan fingerprint density at radius 1 is 0.961 bits per heavy atom. The molecule has 6 aromatic rings. The van der Waals surface area contributed by atoms with E-state index in [2.05, 4.69) is 37.2 Å². The van der Waals surface area contributed by atoms with Crippen LogP contribution in [0.1, 0.15) is 82.8 Å². The number of carbonyl (C=O) groups is 1. The number of ether oxygens (including phenoxy) is 3. The molecule has 0 bridgehead atoms. The van der Waals surface area contributed by atoms with E-state index in [1.807, 2.05) is 85.8 Å². The van der Waals surface area contributed by atoms with E-state index in [4.69, 9.17) is 14.2 Å². The molecule has 0 spiro atoms. The molecule has 1 amide bonds. The van der Waals surface area contributed by atoms with E-state index in [1.165, 1.54) is 48.7 Å². The van der Waals surface area contributed by atoms with Crippen LogP contribution < -0.4 is 19.5 Å². The fourth-order valence-corrected chi connectivity index (χ4v) is 7.70. The van der Waals surface area contributed by atoms with Crippen molar-refractivity contribution >= 4 is 16.8 Å². The van der Waals surface area contributed by atoms with E-state index in [0.717, 1.165) is 39.5 Å². The van der Waals surface area contributed by atoms with Crippen LogP contribution in [0.2, 0.25) is 0 Å². The van der Waals surface area contributed by atoms with Crippen LogP contribution in [0.5, 0.6) is 17.2 Å². The molecule has 9 heteroatoms. The molecule has 4 aromatic carbocycles. The van der Waals surface area contributed by atoms with Crippen LogP contribution in [0.3, 0.4) is 0 Å². The largest absolute Gasteiger partial charge is 0.497 e. The third-order valence-corrected chi connectivity index (χ3v) is 10.2. The lowest BCUT2D eigenvalue weighted by Gasteiger charge is -2.23. The van der Waals surface area contributed by atoms with E-state index in [-0.39, 0.29) is 5.91 Å². The SMILES string of the molecule is COc1ccc2c(c1)OCCn1c-2c(C2CCCCC2)c2ccc(C(=O)N[C@@H](Cc3ccc(OCc4ccccc4)cc3)c3n[nH]c(C)n3)cc21. The quantitative estimate of drug-likeness (QED) is 0.150. The third-order valence-electron chi connectivity index (χ3n) is 10.2. The number of methoxy groups -OCH3 is 1. The Morgan fingerprint density at radius 3 is 2.53 bits per heavy atom. The number of aryl methyl sites for hydroxylation is 1. The number of benzene rings is 4. The Balaban J connectivity index is 1.09. The molecule has 260 valence electrons. The normalized spacial score (nSPS) is 14.9. The zero-order chi connectivity index (χ0) is 34.7. The van der Waals surface area contributed by atoms with Gasteiger partial charge >= 0.3 is 0 Å². The molecule has 2 N–H and O–H groups in total. The van der Waals surface area contributed by atoms with Crippen LogP contribution in [-0.4, -0.2) is 39.4 Å². The maximum atomic E-state index is 14.1. The maximum Gasteiger partial charge on any atom is 0.251 e. The molecular weight excluding hydrogens is 638 g/mol. The van der Waals surface area contributed by atoms with Crippen molar-refractivity contribution in [1.82, 2.24) is 25.1 Å². The van der Waals surface area contributed by atoms with Crippen molar-refractivity contribution < 1.29 is 19.0 Å². The summed E-state index contributed by atoms with van der Waals surface area (Å²) < 4.78 is 20.2. The second kappa shape index (κ2) is 14.3. The van der Waals surface area contributed by atoms with Crippen LogP contribution >= 0.6 is 0 Å². The summed E-state index contributed by atoms with van der Waals surface area (Å²) in [5.74, 6) is 3.94. The van der Waals surface area contributed by atoms with Crippen molar-refractivity contribution in [1.29, 1.82) is 0 Å². The molecule has 1 atom stereocenters. The molecule has 3 heterocycles. The van der Waals surface area contributed by atoms with E-state index >= 15 is 0 Å². The summed E-state index contributed by atoms with van der Waals surface area (Å²) in [5.41, 5.74) is 7.46. The third kappa shape index (κ3) is 6.80. The standard InChI is InChI=1S/C42H43N5O4/c1-27-43-41(46-45-27)36(23-28-13-16-32(17-14-28)51-26-29-9-5-3-6-10-29)44-42(48)31-15-19-34-37(24-31)47-21-22-50-38-25-33(49-2)18-20-35(38)40(47)39(34)30-11-7-4-8-12-30/h3,5-6,9-10,13-20,24-25,30,36H,4,7-8,11-12,21-23,26H2,1-2H3,(H,44,48)(H,43,45,46)/t36-/m0/s1. The lowest BCUT2D eigenvalue weighted by atomic mass is 9.81. The predicted molar refractivity (Wildman–Crippen MR) is 197 cm³/mol. The van der Waals surface area contributed by atoms with Gasteiger partial charge in [0.1, 0.15) is 36.3 Å². The molecule has 0 radical (unpaired) electrons. The molecule has 2 aromatic heterocycles. The lowest BCUT2D eigenvalue weighted by Crippen LogP contribution is -2.30. The highest BCUT2D eigenvalue weighted by Gasteiger charge is 2.30. The number of amides is 1. The molecule has 1 saturated carbocycles. The monoisotopic (exact) mass is 681 g/mol. The smallest absolute Gasteiger partial charge is 0.251 e. The van der Waals surface area contributed by atoms with Gasteiger partial charge in [0.05, 0.1) is 25.4 Å². The zero-order valence-electron chi connectivity index (χ0n) is 29.2. The molecule has 9 nitrogen and oxygen atoms in total. The van der Waals surface area contributed by atoms with Gasteiger partial charge in [0.25, 0.3) is 5.91 Å². The second-order valence-electron chi connectivity index (χ2n) is 13.6. The number of rotatable bonds is 10. The Kier molecular flexibility index (Phi) is 9.18. The Morgan fingerprint density at radius 2 is 1.76 bits per heavy atom. The number of nitrogens with zero attached hydrogens (tertiary/aromatic N) is 3. The minimum Gasteiger partial charge on any atom is -0.497 e. The summed E-state index contributed by atoms with van der Waals surface area (Å²) in [6.07, 6.45) is 6.60. The van der Waals surface area contributed by atoms with Crippen LogP contribution in [0.15, 0.2) is 91.0 Å². The minimum absolute atomic E-state index is 0.169. The van der Waals surface area contributed by atoms with Gasteiger partial charge in [-0.15, -0.1) is 0 Å². The molecule has 1 fully saturated rings. The predicted octanol–water partition coefficient (Wildman–Crippen LogP) is 8.48. The molecule has 1 aliphatic heterocycles. The summed E-state index contributed by atoms with van der Waals surface area (Å²) in [5, 5.41) is 11.9.